The highest BCUT2D eigenvalue weighted by Gasteiger charge is 2.42. The van der Waals surface area contributed by atoms with Gasteiger partial charge >= 0.3 is 0 Å². The summed E-state index contributed by atoms with van der Waals surface area (Å²) in [5, 5.41) is 15.8. The van der Waals surface area contributed by atoms with E-state index >= 15 is 0 Å². The smallest absolute Gasteiger partial charge is 0.279 e. The molecule has 0 radical (unpaired) electrons. The Morgan fingerprint density at radius 2 is 1.50 bits per heavy atom. The number of halogens is 2. The van der Waals surface area contributed by atoms with Crippen LogP contribution in [0.2, 0.25) is 10.0 Å². The topological polar surface area (TPSA) is 53.8 Å². The summed E-state index contributed by atoms with van der Waals surface area (Å²) >= 11 is 12.2. The van der Waals surface area contributed by atoms with Gasteiger partial charge in [-0.3, -0.25) is 4.79 Å². The molecule has 0 unspecified atom stereocenters. The summed E-state index contributed by atoms with van der Waals surface area (Å²) in [6.07, 6.45) is 1.64. The van der Waals surface area contributed by atoms with Gasteiger partial charge in [-0.15, -0.1) is 0 Å². The number of amides is 1. The summed E-state index contributed by atoms with van der Waals surface area (Å²) < 4.78 is 0. The molecule has 32 heavy (non-hydrogen) atoms. The van der Waals surface area contributed by atoms with Crippen molar-refractivity contribution in [2.75, 3.05) is 25.0 Å². The predicted octanol–water partition coefficient (Wildman–Crippen LogP) is 4.16. The van der Waals surface area contributed by atoms with Gasteiger partial charge in [0.2, 0.25) is 0 Å². The van der Waals surface area contributed by atoms with Crippen molar-refractivity contribution in [1.29, 1.82) is 0 Å². The van der Waals surface area contributed by atoms with E-state index in [4.69, 9.17) is 23.2 Å². The van der Waals surface area contributed by atoms with Gasteiger partial charge in [-0.05, 0) is 29.3 Å². The minimum Gasteiger partial charge on any atom is -0.380 e. The molecule has 4 nitrogen and oxygen atoms in total. The Morgan fingerprint density at radius 1 is 0.938 bits per heavy atom. The third-order valence-electron chi connectivity index (χ3n) is 6.32. The fourth-order valence-electron chi connectivity index (χ4n) is 4.66. The van der Waals surface area contributed by atoms with E-state index < -0.39 is 5.60 Å². The first-order valence-corrected chi connectivity index (χ1v) is 11.6. The van der Waals surface area contributed by atoms with Gasteiger partial charge in [-0.1, -0.05) is 83.9 Å². The molecule has 1 fully saturated rings. The zero-order valence-corrected chi connectivity index (χ0v) is 19.2. The number of likely N-dealkylation sites (tertiary alicyclic amines) is 1. The van der Waals surface area contributed by atoms with Crippen LogP contribution < -0.4 is 10.2 Å². The molecular weight excluding hydrogens is 443 g/mol. The van der Waals surface area contributed by atoms with Crippen LogP contribution in [-0.4, -0.2) is 30.6 Å². The number of carbonyl (C=O) groups excluding carboxylic acids is 1. The van der Waals surface area contributed by atoms with Crippen molar-refractivity contribution >= 4 is 34.8 Å². The molecule has 0 saturated carbocycles. The summed E-state index contributed by atoms with van der Waals surface area (Å²) in [7, 11) is 0. The zero-order chi connectivity index (χ0) is 22.6. The number of nitrogens with one attached hydrogen (secondary N) is 2. The Balaban J connectivity index is 1.43. The molecule has 0 aromatic heterocycles. The van der Waals surface area contributed by atoms with E-state index in [1.165, 1.54) is 4.90 Å². The Labute approximate surface area is 198 Å². The van der Waals surface area contributed by atoms with Crippen molar-refractivity contribution in [2.24, 2.45) is 5.92 Å². The van der Waals surface area contributed by atoms with Crippen LogP contribution in [0.4, 0.5) is 5.69 Å². The van der Waals surface area contributed by atoms with Crippen molar-refractivity contribution in [2.45, 2.75) is 18.4 Å². The fraction of sp³-hybridized carbons (Fsp3) is 0.269. The van der Waals surface area contributed by atoms with Crippen molar-refractivity contribution in [3.05, 3.63) is 100 Å². The number of benzene rings is 3. The minimum atomic E-state index is -1.05. The number of hydrogen-bond acceptors (Lipinski definition) is 2. The molecule has 1 aliphatic heterocycles. The van der Waals surface area contributed by atoms with Crippen LogP contribution in [-0.2, 0) is 10.4 Å². The van der Waals surface area contributed by atoms with Gasteiger partial charge in [0.05, 0.1) is 23.8 Å². The third kappa shape index (κ3) is 5.00. The van der Waals surface area contributed by atoms with Gasteiger partial charge < -0.3 is 15.3 Å². The summed E-state index contributed by atoms with van der Waals surface area (Å²) in [5.74, 6) is -0.0227. The molecule has 1 heterocycles. The second-order valence-electron chi connectivity index (χ2n) is 8.37. The van der Waals surface area contributed by atoms with Crippen LogP contribution in [0, 0.1) is 5.92 Å². The molecule has 6 heteroatoms. The first-order chi connectivity index (χ1) is 15.5. The van der Waals surface area contributed by atoms with Gasteiger partial charge in [0, 0.05) is 23.8 Å². The summed E-state index contributed by atoms with van der Waals surface area (Å²) in [6, 6.07) is 24.8. The highest BCUT2D eigenvalue weighted by Crippen LogP contribution is 2.40. The van der Waals surface area contributed by atoms with Crippen LogP contribution >= 0.6 is 23.2 Å². The van der Waals surface area contributed by atoms with Gasteiger partial charge in [0.25, 0.3) is 5.91 Å². The fourth-order valence-corrected chi connectivity index (χ4v) is 4.99. The maximum Gasteiger partial charge on any atom is 0.279 e. The van der Waals surface area contributed by atoms with E-state index in [0.717, 1.165) is 37.1 Å². The van der Waals surface area contributed by atoms with Crippen LogP contribution in [0.5, 0.6) is 0 Å². The monoisotopic (exact) mass is 469 g/mol. The van der Waals surface area contributed by atoms with E-state index in [2.05, 4.69) is 5.32 Å². The maximum absolute atomic E-state index is 12.6. The first kappa shape index (κ1) is 22.8. The lowest BCUT2D eigenvalue weighted by Gasteiger charge is -2.40. The van der Waals surface area contributed by atoms with E-state index in [-0.39, 0.29) is 11.8 Å². The molecule has 0 aliphatic carbocycles. The van der Waals surface area contributed by atoms with Crippen LogP contribution in [0.3, 0.4) is 0 Å². The molecule has 0 bridgehead atoms. The maximum atomic E-state index is 12.6. The molecule has 3 aromatic rings. The molecule has 0 atom stereocenters. The highest BCUT2D eigenvalue weighted by atomic mass is 35.5. The lowest BCUT2D eigenvalue weighted by molar-refractivity contribution is -0.898. The van der Waals surface area contributed by atoms with Crippen LogP contribution in [0.15, 0.2) is 78.9 Å². The number of aliphatic hydroxyl groups is 1. The number of quaternary nitrogens is 1. The lowest BCUT2D eigenvalue weighted by Crippen LogP contribution is -3.14. The average Bonchev–Trinajstić information content (AvgIpc) is 2.82. The Bertz CT molecular complexity index is 1010. The number of carbonyl (C=O) groups is 1. The highest BCUT2D eigenvalue weighted by molar-refractivity contribution is 6.35. The standard InChI is InChI=1S/C26H26Cl2N2O2/c27-22-11-12-23(28)24(17-22)29-25(31)18-30-15-13-21(14-16-30)26(32,19-7-3-1-4-8-19)20-9-5-2-6-10-20/h1-12,17,21,32H,13-16,18H2,(H,29,31)/p+1. The van der Waals surface area contributed by atoms with E-state index in [0.29, 0.717) is 22.3 Å². The van der Waals surface area contributed by atoms with Gasteiger partial charge in [-0.25, -0.2) is 0 Å². The molecule has 3 N–H and O–H groups in total. The number of hydrogen-bond donors (Lipinski definition) is 3. The van der Waals surface area contributed by atoms with Crippen molar-refractivity contribution in [1.82, 2.24) is 0 Å². The summed E-state index contributed by atoms with van der Waals surface area (Å²) in [4.78, 5) is 13.8. The second kappa shape index (κ2) is 10.1. The normalized spacial score (nSPS) is 18.8. The zero-order valence-electron chi connectivity index (χ0n) is 17.7. The second-order valence-corrected chi connectivity index (χ2v) is 9.22. The van der Waals surface area contributed by atoms with E-state index in [1.54, 1.807) is 18.2 Å². The van der Waals surface area contributed by atoms with Gasteiger partial charge in [0.1, 0.15) is 5.60 Å². The van der Waals surface area contributed by atoms with Crippen LogP contribution in [0.1, 0.15) is 24.0 Å². The first-order valence-electron chi connectivity index (χ1n) is 10.9. The number of rotatable bonds is 6. The van der Waals surface area contributed by atoms with Crippen molar-refractivity contribution in [3.8, 4) is 0 Å². The Kier molecular flexibility index (Phi) is 7.17. The summed E-state index contributed by atoms with van der Waals surface area (Å²) in [5.41, 5.74) is 1.30. The SMILES string of the molecule is O=C(C[NH+]1CCC(C(O)(c2ccccc2)c2ccccc2)CC1)Nc1cc(Cl)ccc1Cl. The van der Waals surface area contributed by atoms with Gasteiger partial charge in [0.15, 0.2) is 6.54 Å². The molecule has 0 spiro atoms. The molecule has 1 aliphatic rings. The predicted molar refractivity (Wildman–Crippen MR) is 129 cm³/mol. The van der Waals surface area contributed by atoms with Crippen molar-refractivity contribution in [3.63, 3.8) is 0 Å². The van der Waals surface area contributed by atoms with Gasteiger partial charge in [-0.2, -0.15) is 0 Å². The Hall–Kier alpha value is -2.37. The largest absolute Gasteiger partial charge is 0.380 e. The average molecular weight is 470 g/mol. The lowest BCUT2D eigenvalue weighted by atomic mass is 9.72. The van der Waals surface area contributed by atoms with E-state index in [9.17, 15) is 9.90 Å². The number of anilines is 1. The van der Waals surface area contributed by atoms with Crippen molar-refractivity contribution < 1.29 is 14.8 Å². The quantitative estimate of drug-likeness (QED) is 0.507. The number of piperidine rings is 1. The van der Waals surface area contributed by atoms with Crippen LogP contribution in [0.25, 0.3) is 0 Å². The molecule has 166 valence electrons. The molecule has 1 amide bonds. The molecule has 4 rings (SSSR count). The molecule has 1 saturated heterocycles. The third-order valence-corrected chi connectivity index (χ3v) is 6.89. The Morgan fingerprint density at radius 3 is 2.06 bits per heavy atom. The molecule has 3 aromatic carbocycles. The van der Waals surface area contributed by atoms with E-state index in [1.807, 2.05) is 60.7 Å². The molecular formula is C26H27Cl2N2O2+. The summed E-state index contributed by atoms with van der Waals surface area (Å²) in [6.45, 7) is 1.97. The minimum absolute atomic E-state index is 0.0708.